The van der Waals surface area contributed by atoms with Crippen LogP contribution in [0.3, 0.4) is 0 Å². The number of piperazine rings is 1. The van der Waals surface area contributed by atoms with Crippen LogP contribution >= 0.6 is 11.7 Å². The number of hydrogen-bond donors (Lipinski definition) is 0. The van der Waals surface area contributed by atoms with E-state index in [9.17, 15) is 13.2 Å². The van der Waals surface area contributed by atoms with E-state index in [2.05, 4.69) is 8.75 Å². The minimum Gasteiger partial charge on any atom is -0.496 e. The van der Waals surface area contributed by atoms with E-state index in [1.54, 1.807) is 35.2 Å². The molecule has 1 saturated heterocycles. The van der Waals surface area contributed by atoms with Gasteiger partial charge >= 0.3 is 0 Å². The fourth-order valence-electron chi connectivity index (χ4n) is 3.65. The van der Waals surface area contributed by atoms with Crippen LogP contribution in [-0.4, -0.2) is 72.7 Å². The lowest BCUT2D eigenvalue weighted by Gasteiger charge is -2.34. The highest BCUT2D eigenvalue weighted by molar-refractivity contribution is 7.89. The first-order chi connectivity index (χ1) is 14.9. The van der Waals surface area contributed by atoms with Crippen LogP contribution in [0.25, 0.3) is 11.0 Å². The molecule has 11 heteroatoms. The van der Waals surface area contributed by atoms with Crippen LogP contribution in [0.2, 0.25) is 0 Å². The van der Waals surface area contributed by atoms with Crippen molar-refractivity contribution >= 4 is 38.7 Å². The molecule has 3 aromatic rings. The van der Waals surface area contributed by atoms with Gasteiger partial charge in [-0.2, -0.15) is 13.1 Å². The number of aromatic nitrogens is 2. The standard InChI is InChI=1S/C20H22N4O5S2/c1-13-16(28-2)11-14(12-17(13)29-3)20(25)23-7-9-24(10-8-23)31(26,27)18-6-4-5-15-19(18)22-30-21-15/h4-6,11-12H,7-10H2,1-3H3. The van der Waals surface area contributed by atoms with Gasteiger partial charge in [0.2, 0.25) is 10.0 Å². The number of rotatable bonds is 5. The molecule has 9 nitrogen and oxygen atoms in total. The molecule has 0 aliphatic carbocycles. The molecule has 1 fully saturated rings. The third-order valence-electron chi connectivity index (χ3n) is 5.39. The maximum absolute atomic E-state index is 13.2. The summed E-state index contributed by atoms with van der Waals surface area (Å²) in [6, 6.07) is 8.30. The van der Waals surface area contributed by atoms with Gasteiger partial charge in [-0.3, -0.25) is 4.79 Å². The van der Waals surface area contributed by atoms with Crippen LogP contribution in [0, 0.1) is 6.92 Å². The summed E-state index contributed by atoms with van der Waals surface area (Å²) in [7, 11) is -0.660. The molecule has 0 bridgehead atoms. The SMILES string of the molecule is COc1cc(C(=O)N2CCN(S(=O)(=O)c3cccc4nsnc34)CC2)cc(OC)c1C. The van der Waals surface area contributed by atoms with Gasteiger partial charge in [-0.05, 0) is 31.2 Å². The van der Waals surface area contributed by atoms with Crippen LogP contribution in [0.15, 0.2) is 35.2 Å². The zero-order valence-corrected chi connectivity index (χ0v) is 19.0. The first-order valence-electron chi connectivity index (χ1n) is 9.60. The maximum atomic E-state index is 13.2. The lowest BCUT2D eigenvalue weighted by atomic mass is 10.1. The van der Waals surface area contributed by atoms with Crippen LogP contribution in [0.1, 0.15) is 15.9 Å². The number of fused-ring (bicyclic) bond motifs is 1. The Hall–Kier alpha value is -2.76. The number of methoxy groups -OCH3 is 2. The second-order valence-electron chi connectivity index (χ2n) is 7.09. The molecule has 2 heterocycles. The van der Waals surface area contributed by atoms with Crippen molar-refractivity contribution in [3.63, 3.8) is 0 Å². The highest BCUT2D eigenvalue weighted by Crippen LogP contribution is 2.30. The van der Waals surface area contributed by atoms with Crippen molar-refractivity contribution < 1.29 is 22.7 Å². The molecule has 1 amide bonds. The molecule has 0 atom stereocenters. The zero-order chi connectivity index (χ0) is 22.2. The Balaban J connectivity index is 1.52. The molecule has 0 saturated carbocycles. The van der Waals surface area contributed by atoms with Gasteiger partial charge < -0.3 is 14.4 Å². The van der Waals surface area contributed by atoms with Crippen molar-refractivity contribution in [2.45, 2.75) is 11.8 Å². The van der Waals surface area contributed by atoms with Crippen molar-refractivity contribution in [1.29, 1.82) is 0 Å². The van der Waals surface area contributed by atoms with Gasteiger partial charge in [-0.1, -0.05) is 6.07 Å². The molecule has 1 aliphatic rings. The predicted molar refractivity (Wildman–Crippen MR) is 116 cm³/mol. The van der Waals surface area contributed by atoms with Crippen LogP contribution in [0.4, 0.5) is 0 Å². The third-order valence-corrected chi connectivity index (χ3v) is 7.86. The Labute approximate surface area is 184 Å². The lowest BCUT2D eigenvalue weighted by molar-refractivity contribution is 0.0697. The van der Waals surface area contributed by atoms with E-state index in [0.29, 0.717) is 28.1 Å². The number of nitrogens with zero attached hydrogens (tertiary/aromatic N) is 4. The Bertz CT molecular complexity index is 1210. The van der Waals surface area contributed by atoms with Crippen molar-refractivity contribution in [3.8, 4) is 11.5 Å². The van der Waals surface area contributed by atoms with E-state index in [-0.39, 0.29) is 37.0 Å². The monoisotopic (exact) mass is 462 g/mol. The summed E-state index contributed by atoms with van der Waals surface area (Å²) in [4.78, 5) is 14.8. The Morgan fingerprint density at radius 1 is 1.03 bits per heavy atom. The summed E-state index contributed by atoms with van der Waals surface area (Å²) in [5, 5.41) is 0. The second kappa shape index (κ2) is 8.40. The zero-order valence-electron chi connectivity index (χ0n) is 17.4. The largest absolute Gasteiger partial charge is 0.496 e. The summed E-state index contributed by atoms with van der Waals surface area (Å²) >= 11 is 0.982. The number of amides is 1. The smallest absolute Gasteiger partial charge is 0.254 e. The number of carbonyl (C=O) groups is 1. The van der Waals surface area contributed by atoms with E-state index in [0.717, 1.165) is 17.3 Å². The van der Waals surface area contributed by atoms with Gasteiger partial charge in [0.25, 0.3) is 5.91 Å². The predicted octanol–water partition coefficient (Wildman–Crippen LogP) is 2.16. The summed E-state index contributed by atoms with van der Waals surface area (Å²) in [6.45, 7) is 2.81. The Morgan fingerprint density at radius 3 is 2.29 bits per heavy atom. The molecule has 4 rings (SSSR count). The van der Waals surface area contributed by atoms with Crippen molar-refractivity contribution in [2.75, 3.05) is 40.4 Å². The van der Waals surface area contributed by atoms with Crippen LogP contribution in [0.5, 0.6) is 11.5 Å². The Kier molecular flexibility index (Phi) is 5.82. The van der Waals surface area contributed by atoms with E-state index < -0.39 is 10.0 Å². The normalized spacial score (nSPS) is 15.3. The topological polar surface area (TPSA) is 102 Å². The van der Waals surface area contributed by atoms with Crippen molar-refractivity contribution in [2.24, 2.45) is 0 Å². The van der Waals surface area contributed by atoms with Gasteiger partial charge in [0, 0.05) is 37.3 Å². The minimum absolute atomic E-state index is 0.145. The highest BCUT2D eigenvalue weighted by atomic mass is 32.2. The van der Waals surface area contributed by atoms with Crippen molar-refractivity contribution in [3.05, 3.63) is 41.5 Å². The van der Waals surface area contributed by atoms with Gasteiger partial charge in [-0.15, -0.1) is 0 Å². The minimum atomic E-state index is -3.74. The third kappa shape index (κ3) is 3.84. The average Bonchev–Trinajstić information content (AvgIpc) is 3.27. The first kappa shape index (κ1) is 21.5. The molecule has 1 aromatic heterocycles. The molecule has 0 spiro atoms. The van der Waals surface area contributed by atoms with E-state index in [1.807, 2.05) is 6.92 Å². The number of benzene rings is 2. The number of carbonyl (C=O) groups excluding carboxylic acids is 1. The fraction of sp³-hybridized carbons (Fsp3) is 0.350. The number of hydrogen-bond acceptors (Lipinski definition) is 8. The molecule has 0 N–H and O–H groups in total. The number of ether oxygens (including phenoxy) is 2. The van der Waals surface area contributed by atoms with E-state index in [1.165, 1.54) is 18.5 Å². The number of sulfonamides is 1. The maximum Gasteiger partial charge on any atom is 0.254 e. The molecule has 164 valence electrons. The lowest BCUT2D eigenvalue weighted by Crippen LogP contribution is -2.50. The van der Waals surface area contributed by atoms with Gasteiger partial charge in [-0.25, -0.2) is 8.42 Å². The second-order valence-corrected chi connectivity index (χ2v) is 9.52. The summed E-state index contributed by atoms with van der Waals surface area (Å²) in [5.74, 6) is 0.933. The quantitative estimate of drug-likeness (QED) is 0.573. The molecular formula is C20H22N4O5S2. The summed E-state index contributed by atoms with van der Waals surface area (Å²) < 4.78 is 46.7. The fourth-order valence-corrected chi connectivity index (χ4v) is 5.83. The molecule has 0 unspecified atom stereocenters. The molecule has 31 heavy (non-hydrogen) atoms. The van der Waals surface area contributed by atoms with E-state index >= 15 is 0 Å². The highest BCUT2D eigenvalue weighted by Gasteiger charge is 2.32. The molecule has 2 aromatic carbocycles. The first-order valence-corrected chi connectivity index (χ1v) is 11.8. The average molecular weight is 463 g/mol. The Morgan fingerprint density at radius 2 is 1.68 bits per heavy atom. The van der Waals surface area contributed by atoms with E-state index in [4.69, 9.17) is 9.47 Å². The summed E-state index contributed by atoms with van der Waals surface area (Å²) in [6.07, 6.45) is 0. The summed E-state index contributed by atoms with van der Waals surface area (Å²) in [5.41, 5.74) is 2.18. The van der Waals surface area contributed by atoms with Crippen LogP contribution < -0.4 is 9.47 Å². The molecule has 1 aliphatic heterocycles. The van der Waals surface area contributed by atoms with Gasteiger partial charge in [0.15, 0.2) is 0 Å². The molecular weight excluding hydrogens is 440 g/mol. The van der Waals surface area contributed by atoms with Crippen molar-refractivity contribution in [1.82, 2.24) is 18.0 Å². The van der Waals surface area contributed by atoms with Gasteiger partial charge in [0.05, 0.1) is 25.9 Å². The van der Waals surface area contributed by atoms with Gasteiger partial charge in [0.1, 0.15) is 27.4 Å². The van der Waals surface area contributed by atoms with Crippen LogP contribution in [-0.2, 0) is 10.0 Å². The molecule has 0 radical (unpaired) electrons.